The van der Waals surface area contributed by atoms with Crippen molar-refractivity contribution in [3.63, 3.8) is 0 Å². The molecule has 0 spiro atoms. The maximum absolute atomic E-state index is 6.37. The van der Waals surface area contributed by atoms with Gasteiger partial charge >= 0.3 is 0 Å². The molecule has 0 saturated heterocycles. The maximum atomic E-state index is 6.37. The highest BCUT2D eigenvalue weighted by Crippen LogP contribution is 2.43. The van der Waals surface area contributed by atoms with E-state index in [2.05, 4.69) is 193 Å². The van der Waals surface area contributed by atoms with E-state index >= 15 is 0 Å². The zero-order valence-corrected chi connectivity index (χ0v) is 29.7. The van der Waals surface area contributed by atoms with Crippen LogP contribution in [0.25, 0.3) is 98.8 Å². The lowest BCUT2D eigenvalue weighted by molar-refractivity contribution is 0.669. The van der Waals surface area contributed by atoms with Crippen LogP contribution < -0.4 is 4.90 Å². The van der Waals surface area contributed by atoms with E-state index in [-0.39, 0.29) is 0 Å². The highest BCUT2D eigenvalue weighted by molar-refractivity contribution is 6.23. The van der Waals surface area contributed by atoms with Crippen LogP contribution in [0.3, 0.4) is 0 Å². The lowest BCUT2D eigenvalue weighted by atomic mass is 9.97. The zero-order chi connectivity index (χ0) is 36.0. The Morgan fingerprint density at radius 1 is 0.255 bits per heavy atom. The van der Waals surface area contributed by atoms with Crippen molar-refractivity contribution in [3.8, 4) is 33.4 Å². The molecule has 55 heavy (non-hydrogen) atoms. The van der Waals surface area contributed by atoms with Gasteiger partial charge in [-0.2, -0.15) is 0 Å². The van der Waals surface area contributed by atoms with Gasteiger partial charge in [0.25, 0.3) is 0 Å². The summed E-state index contributed by atoms with van der Waals surface area (Å²) < 4.78 is 12.7. The standard InChI is InChI=1S/C52H31NO2/c1-2-6-32(7-3-1)33-16-22-42(23-17-33)53(43-24-18-34(19-25-43)40-28-38-14-12-36-8-4-10-45-49(36)51(38)47(30-40)54-45)44-26-20-35(21-27-44)41-29-39-15-13-37-9-5-11-46-50(37)52(39)48(31-41)55-46/h1-31H. The molecule has 0 atom stereocenters. The van der Waals surface area contributed by atoms with E-state index in [1.54, 1.807) is 0 Å². The minimum atomic E-state index is 0.924. The molecule has 0 amide bonds. The lowest BCUT2D eigenvalue weighted by Crippen LogP contribution is -2.09. The summed E-state index contributed by atoms with van der Waals surface area (Å²) in [5, 5.41) is 9.62. The van der Waals surface area contributed by atoms with Gasteiger partial charge in [0, 0.05) is 38.6 Å². The van der Waals surface area contributed by atoms with Crippen LogP contribution in [0.4, 0.5) is 17.1 Å². The third kappa shape index (κ3) is 4.70. The van der Waals surface area contributed by atoms with Crippen molar-refractivity contribution >= 4 is 82.5 Å². The van der Waals surface area contributed by atoms with Gasteiger partial charge in [0.15, 0.2) is 0 Å². The summed E-state index contributed by atoms with van der Waals surface area (Å²) in [7, 11) is 0. The number of nitrogens with zero attached hydrogens (tertiary/aromatic N) is 1. The second-order valence-electron chi connectivity index (χ2n) is 14.5. The van der Waals surface area contributed by atoms with Gasteiger partial charge in [-0.15, -0.1) is 0 Å². The van der Waals surface area contributed by atoms with Crippen LogP contribution in [0.5, 0.6) is 0 Å². The quantitative estimate of drug-likeness (QED) is 0.162. The Balaban J connectivity index is 0.937. The molecule has 0 N–H and O–H groups in total. The summed E-state index contributed by atoms with van der Waals surface area (Å²) in [6.45, 7) is 0. The van der Waals surface area contributed by atoms with Crippen LogP contribution in [0.1, 0.15) is 0 Å². The number of furan rings is 2. The van der Waals surface area contributed by atoms with Crippen LogP contribution >= 0.6 is 0 Å². The molecule has 0 aliphatic carbocycles. The molecule has 0 radical (unpaired) electrons. The van der Waals surface area contributed by atoms with Crippen LogP contribution in [-0.2, 0) is 0 Å². The number of anilines is 3. The van der Waals surface area contributed by atoms with E-state index in [1.165, 1.54) is 54.2 Å². The molecule has 2 aromatic heterocycles. The normalized spacial score (nSPS) is 12.0. The largest absolute Gasteiger partial charge is 0.456 e. The monoisotopic (exact) mass is 701 g/mol. The molecule has 0 aliphatic heterocycles. The molecule has 0 unspecified atom stereocenters. The summed E-state index contributed by atoms with van der Waals surface area (Å²) in [4.78, 5) is 2.33. The number of hydrogen-bond donors (Lipinski definition) is 0. The third-order valence-corrected chi connectivity index (χ3v) is 11.4. The van der Waals surface area contributed by atoms with Crippen LogP contribution in [0, 0.1) is 0 Å². The molecule has 256 valence electrons. The van der Waals surface area contributed by atoms with E-state index in [0.29, 0.717) is 0 Å². The van der Waals surface area contributed by atoms with Crippen LogP contribution in [0.15, 0.2) is 197 Å². The molecular formula is C52H31NO2. The van der Waals surface area contributed by atoms with Crippen molar-refractivity contribution < 1.29 is 8.83 Å². The van der Waals surface area contributed by atoms with Crippen LogP contribution in [-0.4, -0.2) is 0 Å². The molecular weight excluding hydrogens is 671 g/mol. The van der Waals surface area contributed by atoms with Crippen LogP contribution in [0.2, 0.25) is 0 Å². The van der Waals surface area contributed by atoms with Crippen molar-refractivity contribution in [2.45, 2.75) is 0 Å². The molecule has 3 nitrogen and oxygen atoms in total. The smallest absolute Gasteiger partial charge is 0.136 e. The highest BCUT2D eigenvalue weighted by atomic mass is 16.3. The van der Waals surface area contributed by atoms with E-state index in [4.69, 9.17) is 8.83 Å². The fraction of sp³-hybridized carbons (Fsp3) is 0. The molecule has 10 aromatic carbocycles. The van der Waals surface area contributed by atoms with Crippen molar-refractivity contribution in [2.75, 3.05) is 4.90 Å². The van der Waals surface area contributed by atoms with Gasteiger partial charge in [-0.3, -0.25) is 0 Å². The minimum absolute atomic E-state index is 0.924. The number of hydrogen-bond acceptors (Lipinski definition) is 3. The highest BCUT2D eigenvalue weighted by Gasteiger charge is 2.18. The Hall–Kier alpha value is -7.36. The van der Waals surface area contributed by atoms with Crippen molar-refractivity contribution in [2.24, 2.45) is 0 Å². The third-order valence-electron chi connectivity index (χ3n) is 11.4. The second kappa shape index (κ2) is 11.6. The fourth-order valence-electron chi connectivity index (χ4n) is 8.73. The van der Waals surface area contributed by atoms with Gasteiger partial charge in [0.05, 0.1) is 0 Å². The molecule has 0 bridgehead atoms. The van der Waals surface area contributed by atoms with E-state index in [9.17, 15) is 0 Å². The van der Waals surface area contributed by atoms with Crippen molar-refractivity contribution in [1.29, 1.82) is 0 Å². The van der Waals surface area contributed by atoms with Gasteiger partial charge in [-0.05, 0) is 128 Å². The topological polar surface area (TPSA) is 29.5 Å². The summed E-state index contributed by atoms with van der Waals surface area (Å²) in [5.41, 5.74) is 13.9. The second-order valence-corrected chi connectivity index (χ2v) is 14.5. The Morgan fingerprint density at radius 2 is 0.636 bits per heavy atom. The molecule has 12 aromatic rings. The first-order chi connectivity index (χ1) is 27.2. The zero-order valence-electron chi connectivity index (χ0n) is 29.7. The average molecular weight is 702 g/mol. The molecule has 2 heterocycles. The Kier molecular flexibility index (Phi) is 6.34. The van der Waals surface area contributed by atoms with Crippen molar-refractivity contribution in [1.82, 2.24) is 0 Å². The Bertz CT molecular complexity index is 3150. The Labute approximate surface area is 316 Å². The minimum Gasteiger partial charge on any atom is -0.456 e. The first-order valence-electron chi connectivity index (χ1n) is 18.7. The molecule has 3 heteroatoms. The fourth-order valence-corrected chi connectivity index (χ4v) is 8.73. The van der Waals surface area contributed by atoms with Gasteiger partial charge in [-0.25, -0.2) is 0 Å². The molecule has 0 aliphatic rings. The molecule has 0 fully saturated rings. The summed E-state index contributed by atoms with van der Waals surface area (Å²) in [6, 6.07) is 67.4. The molecule has 12 rings (SSSR count). The van der Waals surface area contributed by atoms with Gasteiger partial charge < -0.3 is 13.7 Å². The van der Waals surface area contributed by atoms with Gasteiger partial charge in [0.2, 0.25) is 0 Å². The first kappa shape index (κ1) is 30.1. The van der Waals surface area contributed by atoms with E-state index in [1.807, 2.05) is 0 Å². The predicted octanol–water partition coefficient (Wildman–Crippen LogP) is 15.1. The molecule has 0 saturated carbocycles. The average Bonchev–Trinajstić information content (AvgIpc) is 3.83. The maximum Gasteiger partial charge on any atom is 0.136 e. The van der Waals surface area contributed by atoms with Crippen molar-refractivity contribution in [3.05, 3.63) is 188 Å². The summed E-state index contributed by atoms with van der Waals surface area (Å²) in [5.74, 6) is 0. The van der Waals surface area contributed by atoms with E-state index < -0.39 is 0 Å². The predicted molar refractivity (Wildman–Crippen MR) is 229 cm³/mol. The van der Waals surface area contributed by atoms with Gasteiger partial charge in [0.1, 0.15) is 22.3 Å². The summed E-state index contributed by atoms with van der Waals surface area (Å²) in [6.07, 6.45) is 0. The van der Waals surface area contributed by atoms with E-state index in [0.717, 1.165) is 61.6 Å². The Morgan fingerprint density at radius 3 is 1.09 bits per heavy atom. The SMILES string of the molecule is c1ccc(-c2ccc(N(c3ccc(-c4cc5ccc6cccc7oc(c4)c5c67)cc3)c3ccc(-c4cc5ccc6cccc7oc(c4)c5c67)cc3)cc2)cc1. The lowest BCUT2D eigenvalue weighted by Gasteiger charge is -2.26. The summed E-state index contributed by atoms with van der Waals surface area (Å²) >= 11 is 0. The van der Waals surface area contributed by atoms with Gasteiger partial charge in [-0.1, -0.05) is 115 Å². The number of benzene rings is 10. The number of rotatable bonds is 6. The first-order valence-corrected chi connectivity index (χ1v) is 18.7.